The van der Waals surface area contributed by atoms with Crippen LogP contribution >= 0.6 is 34.5 Å². The maximum Gasteiger partial charge on any atom is 0.348 e. The molecule has 0 bridgehead atoms. The van der Waals surface area contributed by atoms with Crippen LogP contribution in [0.5, 0.6) is 0 Å². The second kappa shape index (κ2) is 7.45. The van der Waals surface area contributed by atoms with Crippen LogP contribution in [-0.4, -0.2) is 18.5 Å². The molecule has 1 aromatic carbocycles. The summed E-state index contributed by atoms with van der Waals surface area (Å²) in [4.78, 5) is 23.6. The van der Waals surface area contributed by atoms with Gasteiger partial charge in [0.1, 0.15) is 4.88 Å². The number of benzene rings is 1. The molecule has 0 fully saturated rings. The molecule has 0 atom stereocenters. The smallest absolute Gasteiger partial charge is 0.348 e. The summed E-state index contributed by atoms with van der Waals surface area (Å²) in [6, 6.07) is 10.3. The molecule has 0 aliphatic carbocycles. The summed E-state index contributed by atoms with van der Waals surface area (Å²) in [6.45, 7) is 0.0142. The third-order valence-corrected chi connectivity index (χ3v) is 3.97. The van der Waals surface area contributed by atoms with Crippen molar-refractivity contribution < 1.29 is 14.3 Å². The highest BCUT2D eigenvalue weighted by molar-refractivity contribution is 7.17. The van der Waals surface area contributed by atoms with E-state index in [0.29, 0.717) is 20.8 Å². The Kier molecular flexibility index (Phi) is 5.61. The molecule has 7 heteroatoms. The van der Waals surface area contributed by atoms with Gasteiger partial charge in [-0.15, -0.1) is 11.3 Å². The fourth-order valence-corrected chi connectivity index (χ4v) is 2.54. The summed E-state index contributed by atoms with van der Waals surface area (Å²) in [6.07, 6.45) is 0. The van der Waals surface area contributed by atoms with E-state index in [1.165, 1.54) is 0 Å². The Morgan fingerprint density at radius 1 is 1.10 bits per heavy atom. The second-order valence-electron chi connectivity index (χ2n) is 4.08. The molecule has 0 spiro atoms. The number of hydrogen-bond acceptors (Lipinski definition) is 4. The third kappa shape index (κ3) is 5.04. The molecular weight excluding hydrogens is 333 g/mol. The summed E-state index contributed by atoms with van der Waals surface area (Å²) >= 11 is 12.6. The van der Waals surface area contributed by atoms with E-state index >= 15 is 0 Å². The van der Waals surface area contributed by atoms with Crippen molar-refractivity contribution in [2.24, 2.45) is 0 Å². The number of carbonyl (C=O) groups excluding carboxylic acids is 2. The van der Waals surface area contributed by atoms with Crippen molar-refractivity contribution >= 4 is 46.4 Å². The van der Waals surface area contributed by atoms with Gasteiger partial charge in [-0.1, -0.05) is 35.3 Å². The highest BCUT2D eigenvalue weighted by Gasteiger charge is 2.12. The van der Waals surface area contributed by atoms with E-state index in [2.05, 4.69) is 5.32 Å². The number of ether oxygens (including phenoxy) is 1. The molecule has 1 N–H and O–H groups in total. The first-order valence-corrected chi connectivity index (χ1v) is 7.55. The molecule has 1 aromatic heterocycles. The van der Waals surface area contributed by atoms with Gasteiger partial charge in [-0.25, -0.2) is 4.79 Å². The minimum Gasteiger partial charge on any atom is -0.451 e. The maximum atomic E-state index is 11.6. The summed E-state index contributed by atoms with van der Waals surface area (Å²) in [5, 5.41) is 3.28. The highest BCUT2D eigenvalue weighted by Crippen LogP contribution is 2.21. The van der Waals surface area contributed by atoms with Gasteiger partial charge in [0.25, 0.3) is 5.91 Å². The first-order valence-electron chi connectivity index (χ1n) is 5.98. The molecule has 0 saturated carbocycles. The third-order valence-electron chi connectivity index (χ3n) is 2.51. The van der Waals surface area contributed by atoms with Gasteiger partial charge in [-0.05, 0) is 29.8 Å². The predicted molar refractivity (Wildman–Crippen MR) is 82.9 cm³/mol. The molecular formula is C14H11Cl2NO3S. The van der Waals surface area contributed by atoms with Crippen LogP contribution in [0.2, 0.25) is 9.36 Å². The van der Waals surface area contributed by atoms with Gasteiger partial charge in [0, 0.05) is 11.6 Å². The normalized spacial score (nSPS) is 10.2. The lowest BCUT2D eigenvalue weighted by molar-refractivity contribution is -0.124. The van der Waals surface area contributed by atoms with Crippen molar-refractivity contribution in [3.05, 3.63) is 56.2 Å². The monoisotopic (exact) mass is 343 g/mol. The molecule has 4 nitrogen and oxygen atoms in total. The summed E-state index contributed by atoms with van der Waals surface area (Å²) in [5.74, 6) is -0.936. The average Bonchev–Trinajstić information content (AvgIpc) is 2.91. The number of amides is 1. The number of rotatable bonds is 5. The van der Waals surface area contributed by atoms with Crippen molar-refractivity contribution in [1.29, 1.82) is 0 Å². The van der Waals surface area contributed by atoms with Gasteiger partial charge >= 0.3 is 5.97 Å². The Morgan fingerprint density at radius 2 is 1.81 bits per heavy atom. The van der Waals surface area contributed by atoms with Gasteiger partial charge in [0.05, 0.1) is 4.34 Å². The van der Waals surface area contributed by atoms with Crippen molar-refractivity contribution in [2.75, 3.05) is 6.61 Å². The van der Waals surface area contributed by atoms with Crippen LogP contribution in [0, 0.1) is 0 Å². The van der Waals surface area contributed by atoms with Crippen molar-refractivity contribution in [3.8, 4) is 0 Å². The molecule has 2 aromatic rings. The summed E-state index contributed by atoms with van der Waals surface area (Å²) in [5.41, 5.74) is 0.907. The molecule has 2 rings (SSSR count). The summed E-state index contributed by atoms with van der Waals surface area (Å²) < 4.78 is 5.38. The molecule has 0 saturated heterocycles. The largest absolute Gasteiger partial charge is 0.451 e. The first kappa shape index (κ1) is 15.8. The zero-order valence-electron chi connectivity index (χ0n) is 10.8. The Bertz CT molecular complexity index is 640. The number of thiophene rings is 1. The molecule has 0 aliphatic rings. The highest BCUT2D eigenvalue weighted by atomic mass is 35.5. The zero-order chi connectivity index (χ0) is 15.2. The lowest BCUT2D eigenvalue weighted by atomic mass is 10.2. The molecule has 0 unspecified atom stereocenters. The van der Waals surface area contributed by atoms with Gasteiger partial charge in [-0.2, -0.15) is 0 Å². The van der Waals surface area contributed by atoms with Crippen molar-refractivity contribution in [3.63, 3.8) is 0 Å². The van der Waals surface area contributed by atoms with E-state index in [4.69, 9.17) is 27.9 Å². The van der Waals surface area contributed by atoms with Crippen molar-refractivity contribution in [1.82, 2.24) is 5.32 Å². The molecule has 110 valence electrons. The molecule has 1 heterocycles. The topological polar surface area (TPSA) is 55.4 Å². The number of halogens is 2. The lowest BCUT2D eigenvalue weighted by Crippen LogP contribution is -2.28. The SMILES string of the molecule is O=C(COC(=O)c1ccc(Cl)s1)NCc1ccc(Cl)cc1. The van der Waals surface area contributed by atoms with E-state index in [0.717, 1.165) is 16.9 Å². The Labute approximate surface area is 135 Å². The maximum absolute atomic E-state index is 11.6. The van der Waals surface area contributed by atoms with E-state index in [-0.39, 0.29) is 12.5 Å². The van der Waals surface area contributed by atoms with Crippen LogP contribution in [-0.2, 0) is 16.1 Å². The van der Waals surface area contributed by atoms with Crippen LogP contribution in [0.4, 0.5) is 0 Å². The van der Waals surface area contributed by atoms with E-state index in [1.54, 1.807) is 24.3 Å². The number of hydrogen-bond donors (Lipinski definition) is 1. The van der Waals surface area contributed by atoms with Gasteiger partial charge < -0.3 is 10.1 Å². The number of nitrogens with one attached hydrogen (secondary N) is 1. The van der Waals surface area contributed by atoms with Gasteiger partial charge in [0.2, 0.25) is 0 Å². The Balaban J connectivity index is 1.74. The summed E-state index contributed by atoms with van der Waals surface area (Å²) in [7, 11) is 0. The quantitative estimate of drug-likeness (QED) is 0.845. The number of esters is 1. The standard InChI is InChI=1S/C14H11Cl2NO3S/c15-10-3-1-9(2-4-10)7-17-13(18)8-20-14(19)11-5-6-12(16)21-11/h1-6H,7-8H2,(H,17,18). The van der Waals surface area contributed by atoms with Crippen molar-refractivity contribution in [2.45, 2.75) is 6.54 Å². The minimum atomic E-state index is -0.562. The van der Waals surface area contributed by atoms with Crippen LogP contribution in [0.3, 0.4) is 0 Å². The van der Waals surface area contributed by atoms with Crippen LogP contribution in [0.1, 0.15) is 15.2 Å². The fourth-order valence-electron chi connectivity index (χ4n) is 1.48. The molecule has 0 aliphatic heterocycles. The molecule has 21 heavy (non-hydrogen) atoms. The second-order valence-corrected chi connectivity index (χ2v) is 6.23. The van der Waals surface area contributed by atoms with Crippen LogP contribution < -0.4 is 5.32 Å². The fraction of sp³-hybridized carbons (Fsp3) is 0.143. The molecule has 0 radical (unpaired) electrons. The first-order chi connectivity index (χ1) is 10.0. The Morgan fingerprint density at radius 3 is 2.43 bits per heavy atom. The average molecular weight is 344 g/mol. The van der Waals surface area contributed by atoms with E-state index < -0.39 is 5.97 Å². The predicted octanol–water partition coefficient (Wildman–Crippen LogP) is 3.53. The van der Waals surface area contributed by atoms with E-state index in [1.807, 2.05) is 12.1 Å². The van der Waals surface area contributed by atoms with Gasteiger partial charge in [-0.3, -0.25) is 4.79 Å². The minimum absolute atomic E-state index is 0.331. The lowest BCUT2D eigenvalue weighted by Gasteiger charge is -2.06. The van der Waals surface area contributed by atoms with E-state index in [9.17, 15) is 9.59 Å². The van der Waals surface area contributed by atoms with Gasteiger partial charge in [0.15, 0.2) is 6.61 Å². The Hall–Kier alpha value is -1.56. The number of carbonyl (C=O) groups is 2. The van der Waals surface area contributed by atoms with Crippen LogP contribution in [0.15, 0.2) is 36.4 Å². The zero-order valence-corrected chi connectivity index (χ0v) is 13.1. The molecule has 1 amide bonds. The van der Waals surface area contributed by atoms with Crippen LogP contribution in [0.25, 0.3) is 0 Å².